The Morgan fingerprint density at radius 1 is 1.08 bits per heavy atom. The van der Waals surface area contributed by atoms with Gasteiger partial charge in [-0.05, 0) is 48.2 Å². The normalized spacial score (nSPS) is 15.8. The molecule has 124 valence electrons. The maximum atomic E-state index is 12.5. The SMILES string of the molecule is CN(C(=O)CCC(=O)c1ccc(Cl)cc1)C1CCc2ccccc21. The van der Waals surface area contributed by atoms with Crippen LogP contribution in [-0.4, -0.2) is 23.6 Å². The number of Topliss-reactive ketones (excluding diaryl/α,β-unsaturated/α-hetero) is 1. The van der Waals surface area contributed by atoms with Gasteiger partial charge in [-0.3, -0.25) is 9.59 Å². The van der Waals surface area contributed by atoms with Crippen LogP contribution >= 0.6 is 11.6 Å². The molecule has 0 heterocycles. The number of carbonyl (C=O) groups is 2. The zero-order valence-corrected chi connectivity index (χ0v) is 14.4. The fourth-order valence-corrected chi connectivity index (χ4v) is 3.41. The van der Waals surface area contributed by atoms with Gasteiger partial charge in [0.25, 0.3) is 0 Å². The molecule has 3 nitrogen and oxygen atoms in total. The van der Waals surface area contributed by atoms with Crippen molar-refractivity contribution in [3.63, 3.8) is 0 Å². The topological polar surface area (TPSA) is 37.4 Å². The number of aryl methyl sites for hydroxylation is 1. The zero-order valence-electron chi connectivity index (χ0n) is 13.7. The molecule has 3 rings (SSSR count). The number of hydrogen-bond donors (Lipinski definition) is 0. The first-order valence-corrected chi connectivity index (χ1v) is 8.56. The molecule has 0 N–H and O–H groups in total. The maximum absolute atomic E-state index is 12.5. The highest BCUT2D eigenvalue weighted by molar-refractivity contribution is 6.30. The second-order valence-corrected chi connectivity index (χ2v) is 6.62. The second kappa shape index (κ2) is 7.18. The van der Waals surface area contributed by atoms with Crippen LogP contribution in [0.2, 0.25) is 5.02 Å². The van der Waals surface area contributed by atoms with E-state index in [1.54, 1.807) is 29.2 Å². The lowest BCUT2D eigenvalue weighted by Crippen LogP contribution is -2.30. The minimum atomic E-state index is -0.0276. The first-order valence-electron chi connectivity index (χ1n) is 8.18. The number of hydrogen-bond acceptors (Lipinski definition) is 2. The van der Waals surface area contributed by atoms with Gasteiger partial charge in [0.05, 0.1) is 6.04 Å². The van der Waals surface area contributed by atoms with Crippen LogP contribution in [0.3, 0.4) is 0 Å². The Balaban J connectivity index is 1.59. The van der Waals surface area contributed by atoms with Crippen LogP contribution in [-0.2, 0) is 11.2 Å². The number of rotatable bonds is 5. The monoisotopic (exact) mass is 341 g/mol. The van der Waals surface area contributed by atoms with E-state index in [-0.39, 0.29) is 30.6 Å². The molecule has 0 bridgehead atoms. The smallest absolute Gasteiger partial charge is 0.223 e. The summed E-state index contributed by atoms with van der Waals surface area (Å²) in [5.74, 6) is -0.0146. The highest BCUT2D eigenvalue weighted by Crippen LogP contribution is 2.35. The number of fused-ring (bicyclic) bond motifs is 1. The van der Waals surface area contributed by atoms with Crippen molar-refractivity contribution in [2.24, 2.45) is 0 Å². The predicted molar refractivity (Wildman–Crippen MR) is 95.3 cm³/mol. The number of carbonyl (C=O) groups excluding carboxylic acids is 2. The van der Waals surface area contributed by atoms with Crippen LogP contribution in [0.15, 0.2) is 48.5 Å². The van der Waals surface area contributed by atoms with E-state index in [4.69, 9.17) is 11.6 Å². The maximum Gasteiger partial charge on any atom is 0.223 e. The first-order chi connectivity index (χ1) is 11.6. The van der Waals surface area contributed by atoms with Gasteiger partial charge in [-0.1, -0.05) is 35.9 Å². The molecule has 1 aliphatic carbocycles. The molecule has 2 aromatic carbocycles. The van der Waals surface area contributed by atoms with E-state index < -0.39 is 0 Å². The summed E-state index contributed by atoms with van der Waals surface area (Å²) in [7, 11) is 1.84. The minimum absolute atomic E-state index is 0.0130. The predicted octanol–water partition coefficient (Wildman–Crippen LogP) is 4.45. The molecule has 0 radical (unpaired) electrons. The van der Waals surface area contributed by atoms with Gasteiger partial charge in [0, 0.05) is 30.5 Å². The Bertz CT molecular complexity index is 754. The van der Waals surface area contributed by atoms with Crippen molar-refractivity contribution in [3.05, 3.63) is 70.2 Å². The highest BCUT2D eigenvalue weighted by Gasteiger charge is 2.28. The number of nitrogens with zero attached hydrogens (tertiary/aromatic N) is 1. The summed E-state index contributed by atoms with van der Waals surface area (Å²) >= 11 is 5.83. The van der Waals surface area contributed by atoms with Gasteiger partial charge in [0.2, 0.25) is 5.91 Å². The Kier molecular flexibility index (Phi) is 5.00. The molecule has 1 unspecified atom stereocenters. The molecular weight excluding hydrogens is 322 g/mol. The Labute approximate surface area is 147 Å². The quantitative estimate of drug-likeness (QED) is 0.753. The Morgan fingerprint density at radius 2 is 1.79 bits per heavy atom. The first kappa shape index (κ1) is 16.7. The number of benzene rings is 2. The molecule has 1 aliphatic rings. The number of ketones is 1. The molecular formula is C20H20ClNO2. The largest absolute Gasteiger partial charge is 0.339 e. The summed E-state index contributed by atoms with van der Waals surface area (Å²) in [6.45, 7) is 0. The third kappa shape index (κ3) is 3.51. The molecule has 0 saturated carbocycles. The lowest BCUT2D eigenvalue weighted by Gasteiger charge is -2.25. The van der Waals surface area contributed by atoms with Crippen molar-refractivity contribution in [3.8, 4) is 0 Å². The lowest BCUT2D eigenvalue weighted by molar-refractivity contribution is -0.132. The Hall–Kier alpha value is -2.13. The van der Waals surface area contributed by atoms with Gasteiger partial charge in [-0.2, -0.15) is 0 Å². The van der Waals surface area contributed by atoms with E-state index in [1.807, 2.05) is 19.2 Å². The van der Waals surface area contributed by atoms with Crippen molar-refractivity contribution in [2.45, 2.75) is 31.7 Å². The Morgan fingerprint density at radius 3 is 2.54 bits per heavy atom. The molecule has 1 atom stereocenters. The van der Waals surface area contributed by atoms with Gasteiger partial charge >= 0.3 is 0 Å². The molecule has 2 aromatic rings. The summed E-state index contributed by atoms with van der Waals surface area (Å²) < 4.78 is 0. The zero-order chi connectivity index (χ0) is 17.1. The van der Waals surface area contributed by atoms with E-state index in [2.05, 4.69) is 12.1 Å². The van der Waals surface area contributed by atoms with E-state index in [9.17, 15) is 9.59 Å². The van der Waals surface area contributed by atoms with Crippen molar-refractivity contribution in [1.82, 2.24) is 4.90 Å². The van der Waals surface area contributed by atoms with Gasteiger partial charge in [-0.15, -0.1) is 0 Å². The van der Waals surface area contributed by atoms with Crippen LogP contribution in [0, 0.1) is 0 Å². The summed E-state index contributed by atoms with van der Waals surface area (Å²) in [4.78, 5) is 26.5. The molecule has 0 spiro atoms. The van der Waals surface area contributed by atoms with E-state index in [0.29, 0.717) is 10.6 Å². The van der Waals surface area contributed by atoms with Gasteiger partial charge in [-0.25, -0.2) is 0 Å². The van der Waals surface area contributed by atoms with E-state index in [1.165, 1.54) is 11.1 Å². The average molecular weight is 342 g/mol. The molecule has 4 heteroatoms. The molecule has 0 fully saturated rings. The van der Waals surface area contributed by atoms with Crippen LogP contribution in [0.4, 0.5) is 0 Å². The molecule has 1 amide bonds. The summed E-state index contributed by atoms with van der Waals surface area (Å²) in [6, 6.07) is 15.2. The number of halogens is 1. The van der Waals surface area contributed by atoms with Crippen LogP contribution in [0.5, 0.6) is 0 Å². The number of amides is 1. The van der Waals surface area contributed by atoms with Gasteiger partial charge in [0.1, 0.15) is 0 Å². The minimum Gasteiger partial charge on any atom is -0.339 e. The third-order valence-corrected chi connectivity index (χ3v) is 4.95. The van der Waals surface area contributed by atoms with Crippen LogP contribution < -0.4 is 0 Å². The summed E-state index contributed by atoms with van der Waals surface area (Å²) in [5.41, 5.74) is 3.15. The lowest BCUT2D eigenvalue weighted by atomic mass is 10.0. The fourth-order valence-electron chi connectivity index (χ4n) is 3.29. The summed E-state index contributed by atoms with van der Waals surface area (Å²) in [5, 5.41) is 0.599. The molecule has 0 saturated heterocycles. The standard InChI is InChI=1S/C20H20ClNO2/c1-22(18-11-8-14-4-2-3-5-17(14)18)20(24)13-12-19(23)15-6-9-16(21)10-7-15/h2-7,9-10,18H,8,11-13H2,1H3. The van der Waals surface area contributed by atoms with Crippen molar-refractivity contribution in [1.29, 1.82) is 0 Å². The fraction of sp³-hybridized carbons (Fsp3) is 0.300. The summed E-state index contributed by atoms with van der Waals surface area (Å²) in [6.07, 6.45) is 2.41. The molecule has 24 heavy (non-hydrogen) atoms. The molecule has 0 aliphatic heterocycles. The van der Waals surface area contributed by atoms with E-state index >= 15 is 0 Å². The van der Waals surface area contributed by atoms with Crippen LogP contribution in [0.25, 0.3) is 0 Å². The third-order valence-electron chi connectivity index (χ3n) is 4.69. The van der Waals surface area contributed by atoms with E-state index in [0.717, 1.165) is 12.8 Å². The van der Waals surface area contributed by atoms with Crippen molar-refractivity contribution in [2.75, 3.05) is 7.05 Å². The second-order valence-electron chi connectivity index (χ2n) is 6.19. The van der Waals surface area contributed by atoms with Crippen molar-refractivity contribution < 1.29 is 9.59 Å². The van der Waals surface area contributed by atoms with Crippen molar-refractivity contribution >= 4 is 23.3 Å². The van der Waals surface area contributed by atoms with Gasteiger partial charge < -0.3 is 4.90 Å². The highest BCUT2D eigenvalue weighted by atomic mass is 35.5. The average Bonchev–Trinajstić information content (AvgIpc) is 3.03. The molecule has 0 aromatic heterocycles. The van der Waals surface area contributed by atoms with Gasteiger partial charge in [0.15, 0.2) is 5.78 Å². The van der Waals surface area contributed by atoms with Crippen LogP contribution in [0.1, 0.15) is 46.8 Å².